The van der Waals surface area contributed by atoms with Gasteiger partial charge in [0.1, 0.15) is 5.75 Å². The van der Waals surface area contributed by atoms with Gasteiger partial charge in [-0.15, -0.1) is 11.8 Å². The highest BCUT2D eigenvalue weighted by Crippen LogP contribution is 2.18. The van der Waals surface area contributed by atoms with Crippen LogP contribution in [0, 0.1) is 13.8 Å². The van der Waals surface area contributed by atoms with Crippen LogP contribution in [0.2, 0.25) is 0 Å². The lowest BCUT2D eigenvalue weighted by atomic mass is 10.1. The fourth-order valence-electron chi connectivity index (χ4n) is 2.26. The van der Waals surface area contributed by atoms with Crippen LogP contribution in [0.1, 0.15) is 18.1 Å². The molecule has 0 fully saturated rings. The smallest absolute Gasteiger partial charge is 0.260 e. The molecule has 3 nitrogen and oxygen atoms in total. The average Bonchev–Trinajstić information content (AvgIpc) is 2.51. The fourth-order valence-corrected chi connectivity index (χ4v) is 3.05. The van der Waals surface area contributed by atoms with Crippen LogP contribution in [-0.4, -0.2) is 24.3 Å². The van der Waals surface area contributed by atoms with Crippen LogP contribution in [0.25, 0.3) is 0 Å². The Hall–Kier alpha value is -1.94. The number of amides is 1. The summed E-state index contributed by atoms with van der Waals surface area (Å²) in [6.45, 7) is 6.44. The summed E-state index contributed by atoms with van der Waals surface area (Å²) >= 11 is 1.73. The van der Waals surface area contributed by atoms with E-state index < -0.39 is 6.10 Å². The molecule has 0 aliphatic carbocycles. The molecule has 0 saturated carbocycles. The van der Waals surface area contributed by atoms with Gasteiger partial charge < -0.3 is 10.1 Å². The standard InChI is InChI=1S/C19H23NO2S/c1-14-11-15(2)13-17(12-14)22-16(3)19(21)20-9-10-23-18-7-5-4-6-8-18/h4-8,11-13,16H,9-10H2,1-3H3,(H,20,21)/t16-/m1/s1. The van der Waals surface area contributed by atoms with Gasteiger partial charge in [-0.2, -0.15) is 0 Å². The van der Waals surface area contributed by atoms with Crippen molar-refractivity contribution >= 4 is 17.7 Å². The number of carbonyl (C=O) groups excluding carboxylic acids is 1. The molecule has 0 heterocycles. The molecule has 1 N–H and O–H groups in total. The van der Waals surface area contributed by atoms with Crippen molar-refractivity contribution in [3.63, 3.8) is 0 Å². The summed E-state index contributed by atoms with van der Waals surface area (Å²) < 4.78 is 5.73. The zero-order valence-electron chi connectivity index (χ0n) is 13.8. The van der Waals surface area contributed by atoms with E-state index in [1.165, 1.54) is 4.90 Å². The molecule has 2 aromatic carbocycles. The molecule has 0 aliphatic heterocycles. The largest absolute Gasteiger partial charge is 0.481 e. The van der Waals surface area contributed by atoms with E-state index in [-0.39, 0.29) is 5.91 Å². The minimum absolute atomic E-state index is 0.0854. The maximum atomic E-state index is 12.1. The molecular formula is C19H23NO2S. The number of hydrogen-bond acceptors (Lipinski definition) is 3. The summed E-state index contributed by atoms with van der Waals surface area (Å²) in [6.07, 6.45) is -0.502. The third-order valence-electron chi connectivity index (χ3n) is 3.29. The van der Waals surface area contributed by atoms with E-state index in [9.17, 15) is 4.79 Å². The Morgan fingerprint density at radius 2 is 1.78 bits per heavy atom. The van der Waals surface area contributed by atoms with E-state index in [4.69, 9.17) is 4.74 Å². The normalized spacial score (nSPS) is 11.8. The molecule has 0 bridgehead atoms. The second-order valence-electron chi connectivity index (χ2n) is 5.54. The van der Waals surface area contributed by atoms with Gasteiger partial charge in [-0.1, -0.05) is 24.3 Å². The lowest BCUT2D eigenvalue weighted by Crippen LogP contribution is -2.37. The molecular weight excluding hydrogens is 306 g/mol. The third kappa shape index (κ3) is 5.99. The number of nitrogens with one attached hydrogen (secondary N) is 1. The van der Waals surface area contributed by atoms with Crippen molar-refractivity contribution < 1.29 is 9.53 Å². The molecule has 2 rings (SSSR count). The molecule has 0 spiro atoms. The Balaban J connectivity index is 1.74. The summed E-state index contributed by atoms with van der Waals surface area (Å²) in [5, 5.41) is 2.92. The number of thioether (sulfide) groups is 1. The number of carbonyl (C=O) groups is 1. The summed E-state index contributed by atoms with van der Waals surface area (Å²) in [5.41, 5.74) is 2.26. The maximum Gasteiger partial charge on any atom is 0.260 e. The third-order valence-corrected chi connectivity index (χ3v) is 4.30. The Kier molecular flexibility index (Phi) is 6.53. The number of ether oxygens (including phenoxy) is 1. The van der Waals surface area contributed by atoms with Gasteiger partial charge >= 0.3 is 0 Å². The van der Waals surface area contributed by atoms with Gasteiger partial charge in [0, 0.05) is 17.2 Å². The summed E-state index contributed by atoms with van der Waals surface area (Å²) in [6, 6.07) is 16.1. The second kappa shape index (κ2) is 8.63. The van der Waals surface area contributed by atoms with Gasteiger partial charge in [0.05, 0.1) is 0 Å². The Labute approximate surface area is 142 Å². The van der Waals surface area contributed by atoms with Crippen molar-refractivity contribution in [3.05, 3.63) is 59.7 Å². The van der Waals surface area contributed by atoms with E-state index in [2.05, 4.69) is 23.5 Å². The highest BCUT2D eigenvalue weighted by atomic mass is 32.2. The van der Waals surface area contributed by atoms with Crippen molar-refractivity contribution in [2.45, 2.75) is 31.8 Å². The number of hydrogen-bond donors (Lipinski definition) is 1. The molecule has 23 heavy (non-hydrogen) atoms. The van der Waals surface area contributed by atoms with Gasteiger partial charge in [-0.25, -0.2) is 0 Å². The second-order valence-corrected chi connectivity index (χ2v) is 6.70. The zero-order chi connectivity index (χ0) is 16.7. The van der Waals surface area contributed by atoms with Crippen LogP contribution in [-0.2, 0) is 4.79 Å². The molecule has 1 atom stereocenters. The Bertz CT molecular complexity index is 623. The molecule has 0 unspecified atom stereocenters. The minimum atomic E-state index is -0.502. The van der Waals surface area contributed by atoms with Crippen molar-refractivity contribution in [3.8, 4) is 5.75 Å². The minimum Gasteiger partial charge on any atom is -0.481 e. The molecule has 4 heteroatoms. The van der Waals surface area contributed by atoms with Gasteiger partial charge in [0.2, 0.25) is 0 Å². The van der Waals surface area contributed by atoms with Gasteiger partial charge in [-0.3, -0.25) is 4.79 Å². The molecule has 1 amide bonds. The SMILES string of the molecule is Cc1cc(C)cc(O[C@H](C)C(=O)NCCSc2ccccc2)c1. The van der Waals surface area contributed by atoms with Crippen LogP contribution in [0.5, 0.6) is 5.75 Å². The topological polar surface area (TPSA) is 38.3 Å². The Morgan fingerprint density at radius 3 is 2.43 bits per heavy atom. The zero-order valence-corrected chi connectivity index (χ0v) is 14.7. The summed E-state index contributed by atoms with van der Waals surface area (Å²) in [7, 11) is 0. The van der Waals surface area contributed by atoms with Crippen LogP contribution in [0.4, 0.5) is 0 Å². The van der Waals surface area contributed by atoms with E-state index in [0.29, 0.717) is 6.54 Å². The van der Waals surface area contributed by atoms with Crippen molar-refractivity contribution in [2.75, 3.05) is 12.3 Å². The van der Waals surface area contributed by atoms with Crippen molar-refractivity contribution in [1.82, 2.24) is 5.32 Å². The lowest BCUT2D eigenvalue weighted by molar-refractivity contribution is -0.127. The maximum absolute atomic E-state index is 12.1. The number of rotatable bonds is 7. The van der Waals surface area contributed by atoms with Crippen molar-refractivity contribution in [1.29, 1.82) is 0 Å². The first kappa shape index (κ1) is 17.4. The molecule has 0 radical (unpaired) electrons. The quantitative estimate of drug-likeness (QED) is 0.617. The van der Waals surface area contributed by atoms with E-state index >= 15 is 0 Å². The van der Waals surface area contributed by atoms with E-state index in [0.717, 1.165) is 22.6 Å². The van der Waals surface area contributed by atoms with Gasteiger partial charge in [-0.05, 0) is 56.2 Å². The van der Waals surface area contributed by atoms with E-state index in [1.807, 2.05) is 44.2 Å². The highest BCUT2D eigenvalue weighted by molar-refractivity contribution is 7.99. The van der Waals surface area contributed by atoms with Crippen LogP contribution < -0.4 is 10.1 Å². The van der Waals surface area contributed by atoms with Crippen molar-refractivity contribution in [2.24, 2.45) is 0 Å². The predicted octanol–water partition coefficient (Wildman–Crippen LogP) is 3.98. The fraction of sp³-hybridized carbons (Fsp3) is 0.316. The molecule has 2 aromatic rings. The van der Waals surface area contributed by atoms with E-state index in [1.54, 1.807) is 18.7 Å². The van der Waals surface area contributed by atoms with Crippen LogP contribution in [0.3, 0.4) is 0 Å². The van der Waals surface area contributed by atoms with Crippen LogP contribution in [0.15, 0.2) is 53.4 Å². The number of aryl methyl sites for hydroxylation is 2. The lowest BCUT2D eigenvalue weighted by Gasteiger charge is -2.15. The summed E-state index contributed by atoms with van der Waals surface area (Å²) in [5.74, 6) is 1.49. The average molecular weight is 329 g/mol. The highest BCUT2D eigenvalue weighted by Gasteiger charge is 2.14. The monoisotopic (exact) mass is 329 g/mol. The van der Waals surface area contributed by atoms with Crippen LogP contribution >= 0.6 is 11.8 Å². The first-order valence-electron chi connectivity index (χ1n) is 7.75. The number of benzene rings is 2. The molecule has 0 aliphatic rings. The summed E-state index contributed by atoms with van der Waals surface area (Å²) in [4.78, 5) is 13.3. The molecule has 122 valence electrons. The predicted molar refractivity (Wildman–Crippen MR) is 96.2 cm³/mol. The first-order valence-corrected chi connectivity index (χ1v) is 8.73. The molecule has 0 saturated heterocycles. The van der Waals surface area contributed by atoms with Gasteiger partial charge in [0.15, 0.2) is 6.10 Å². The Morgan fingerprint density at radius 1 is 1.13 bits per heavy atom. The molecule has 0 aromatic heterocycles. The van der Waals surface area contributed by atoms with Gasteiger partial charge in [0.25, 0.3) is 5.91 Å². The first-order chi connectivity index (χ1) is 11.0.